The summed E-state index contributed by atoms with van der Waals surface area (Å²) in [6.45, 7) is 6.14. The van der Waals surface area contributed by atoms with E-state index in [2.05, 4.69) is 9.97 Å². The number of carbonyl (C=O) groups is 1. The van der Waals surface area contributed by atoms with Crippen LogP contribution in [0.4, 0.5) is 4.79 Å². The van der Waals surface area contributed by atoms with E-state index >= 15 is 0 Å². The molecule has 2 unspecified atom stereocenters. The monoisotopic (exact) mass is 359 g/mol. The molecule has 128 valence electrons. The van der Waals surface area contributed by atoms with E-state index < -0.39 is 16.4 Å². The van der Waals surface area contributed by atoms with Crippen LogP contribution in [0.15, 0.2) is 17.3 Å². The van der Waals surface area contributed by atoms with Crippen molar-refractivity contribution in [3.63, 3.8) is 0 Å². The number of aromatic nitrogens is 2. The Labute approximate surface area is 144 Å². The minimum absolute atomic E-state index is 0.0727. The van der Waals surface area contributed by atoms with Crippen molar-refractivity contribution >= 4 is 28.5 Å². The average molecular weight is 360 g/mol. The van der Waals surface area contributed by atoms with Gasteiger partial charge < -0.3 is 9.64 Å². The molecule has 1 aromatic heterocycles. The first-order valence-electron chi connectivity index (χ1n) is 7.63. The van der Waals surface area contributed by atoms with Gasteiger partial charge >= 0.3 is 6.09 Å². The van der Waals surface area contributed by atoms with Gasteiger partial charge in [-0.05, 0) is 57.7 Å². The molecule has 2 rings (SSSR count). The molecule has 2 heterocycles. The van der Waals surface area contributed by atoms with Gasteiger partial charge in [0.25, 0.3) is 0 Å². The molecule has 1 aliphatic rings. The molecule has 1 aliphatic heterocycles. The van der Waals surface area contributed by atoms with Crippen molar-refractivity contribution in [1.82, 2.24) is 14.9 Å². The van der Waals surface area contributed by atoms with E-state index in [4.69, 9.17) is 16.3 Å². The van der Waals surface area contributed by atoms with E-state index in [-0.39, 0.29) is 17.4 Å². The lowest BCUT2D eigenvalue weighted by atomic mass is 10.0. The third-order valence-corrected chi connectivity index (χ3v) is 5.00. The summed E-state index contributed by atoms with van der Waals surface area (Å²) in [6, 6.07) is 1.47. The van der Waals surface area contributed by atoms with Crippen LogP contribution < -0.4 is 0 Å². The second-order valence-electron chi connectivity index (χ2n) is 6.50. The first kappa shape index (κ1) is 18.1. The maximum absolute atomic E-state index is 12.5. The number of carbonyl (C=O) groups excluding carboxylic acids is 1. The molecule has 0 N–H and O–H groups in total. The standard InChI is InChI=1S/C15H22ClN3O3S/c1-15(2,3)22-14(20)19-9-5-4-6-11(19)10-23(21)12-7-8-17-13(16)18-12/h7-8,11H,4-6,9-10H2,1-3H3. The van der Waals surface area contributed by atoms with Gasteiger partial charge in [0, 0.05) is 18.8 Å². The van der Waals surface area contributed by atoms with Crippen LogP contribution >= 0.6 is 11.6 Å². The lowest BCUT2D eigenvalue weighted by Gasteiger charge is -2.36. The number of hydrogen-bond donors (Lipinski definition) is 0. The van der Waals surface area contributed by atoms with Gasteiger partial charge in [0.1, 0.15) is 10.6 Å². The Morgan fingerprint density at radius 1 is 1.48 bits per heavy atom. The number of piperidine rings is 1. The molecule has 0 radical (unpaired) electrons. The van der Waals surface area contributed by atoms with Crippen LogP contribution in [-0.2, 0) is 15.5 Å². The smallest absolute Gasteiger partial charge is 0.410 e. The molecular formula is C15H22ClN3O3S. The Balaban J connectivity index is 2.06. The van der Waals surface area contributed by atoms with Gasteiger partial charge in [-0.2, -0.15) is 0 Å². The maximum atomic E-state index is 12.5. The van der Waals surface area contributed by atoms with Crippen molar-refractivity contribution in [1.29, 1.82) is 0 Å². The minimum atomic E-state index is -1.34. The van der Waals surface area contributed by atoms with Gasteiger partial charge in [0.2, 0.25) is 5.28 Å². The third kappa shape index (κ3) is 5.42. The summed E-state index contributed by atoms with van der Waals surface area (Å²) < 4.78 is 18.0. The summed E-state index contributed by atoms with van der Waals surface area (Å²) in [5, 5.41) is 0.461. The highest BCUT2D eigenvalue weighted by atomic mass is 35.5. The molecular weight excluding hydrogens is 338 g/mol. The zero-order valence-corrected chi connectivity index (χ0v) is 15.2. The number of likely N-dealkylation sites (tertiary alicyclic amines) is 1. The summed E-state index contributed by atoms with van der Waals surface area (Å²) >= 11 is 5.74. The lowest BCUT2D eigenvalue weighted by Crippen LogP contribution is -2.48. The van der Waals surface area contributed by atoms with E-state index in [1.54, 1.807) is 11.0 Å². The van der Waals surface area contributed by atoms with Gasteiger partial charge in [-0.3, -0.25) is 4.21 Å². The van der Waals surface area contributed by atoms with E-state index in [9.17, 15) is 9.00 Å². The van der Waals surface area contributed by atoms with Crippen LogP contribution in [0.3, 0.4) is 0 Å². The predicted octanol–water partition coefficient (Wildman–Crippen LogP) is 3.03. The molecule has 23 heavy (non-hydrogen) atoms. The molecule has 2 atom stereocenters. The summed E-state index contributed by atoms with van der Waals surface area (Å²) in [5.41, 5.74) is -0.543. The molecule has 6 nitrogen and oxygen atoms in total. The zero-order chi connectivity index (χ0) is 17.0. The summed E-state index contributed by atoms with van der Waals surface area (Å²) in [6.07, 6.45) is 3.88. The second-order valence-corrected chi connectivity index (χ2v) is 8.28. The number of hydrogen-bond acceptors (Lipinski definition) is 5. The van der Waals surface area contributed by atoms with Crippen LogP contribution in [0.2, 0.25) is 5.28 Å². The van der Waals surface area contributed by atoms with Crippen molar-refractivity contribution in [3.05, 3.63) is 17.5 Å². The van der Waals surface area contributed by atoms with Crippen molar-refractivity contribution in [2.75, 3.05) is 12.3 Å². The highest BCUT2D eigenvalue weighted by molar-refractivity contribution is 7.85. The molecule has 8 heteroatoms. The van der Waals surface area contributed by atoms with Gasteiger partial charge in [-0.15, -0.1) is 0 Å². The SMILES string of the molecule is CC(C)(C)OC(=O)N1CCCCC1CS(=O)c1ccnc(Cl)n1. The first-order valence-corrected chi connectivity index (χ1v) is 9.32. The van der Waals surface area contributed by atoms with Crippen LogP contribution in [0.1, 0.15) is 40.0 Å². The number of nitrogens with zero attached hydrogens (tertiary/aromatic N) is 3. The molecule has 0 saturated carbocycles. The summed E-state index contributed by atoms with van der Waals surface area (Å²) in [4.78, 5) is 21.8. The Hall–Kier alpha value is -1.21. The number of rotatable bonds is 3. The Kier molecular flexibility index (Phi) is 5.97. The fraction of sp³-hybridized carbons (Fsp3) is 0.667. The van der Waals surface area contributed by atoms with Crippen molar-refractivity contribution < 1.29 is 13.7 Å². The Bertz CT molecular complexity index is 592. The largest absolute Gasteiger partial charge is 0.444 e. The van der Waals surface area contributed by atoms with Gasteiger partial charge in [-0.1, -0.05) is 0 Å². The summed E-state index contributed by atoms with van der Waals surface area (Å²) in [5.74, 6) is 0.326. The third-order valence-electron chi connectivity index (χ3n) is 3.43. The first-order chi connectivity index (χ1) is 10.8. The molecule has 1 saturated heterocycles. The quantitative estimate of drug-likeness (QED) is 0.612. The summed E-state index contributed by atoms with van der Waals surface area (Å²) in [7, 11) is -1.34. The normalized spacial score (nSPS) is 20.2. The topological polar surface area (TPSA) is 72.4 Å². The van der Waals surface area contributed by atoms with Gasteiger partial charge in [0.05, 0.1) is 16.6 Å². The second kappa shape index (κ2) is 7.57. The Morgan fingerprint density at radius 2 is 2.22 bits per heavy atom. The fourth-order valence-electron chi connectivity index (χ4n) is 2.44. The average Bonchev–Trinajstić information content (AvgIpc) is 2.46. The van der Waals surface area contributed by atoms with Crippen LogP contribution in [0, 0.1) is 0 Å². The van der Waals surface area contributed by atoms with E-state index in [1.165, 1.54) is 6.20 Å². The molecule has 0 bridgehead atoms. The Morgan fingerprint density at radius 3 is 2.87 bits per heavy atom. The molecule has 0 spiro atoms. The molecule has 1 amide bonds. The van der Waals surface area contributed by atoms with Crippen LogP contribution in [0.5, 0.6) is 0 Å². The van der Waals surface area contributed by atoms with Crippen molar-refractivity contribution in [2.24, 2.45) is 0 Å². The van der Waals surface area contributed by atoms with Crippen LogP contribution in [-0.4, -0.2) is 49.1 Å². The minimum Gasteiger partial charge on any atom is -0.444 e. The fourth-order valence-corrected chi connectivity index (χ4v) is 3.91. The van der Waals surface area contributed by atoms with Gasteiger partial charge in [-0.25, -0.2) is 14.8 Å². The molecule has 0 aliphatic carbocycles. The predicted molar refractivity (Wildman–Crippen MR) is 88.9 cm³/mol. The van der Waals surface area contributed by atoms with Crippen molar-refractivity contribution in [2.45, 2.75) is 56.7 Å². The van der Waals surface area contributed by atoms with E-state index in [0.29, 0.717) is 17.3 Å². The molecule has 1 fully saturated rings. The van der Waals surface area contributed by atoms with E-state index in [1.807, 2.05) is 20.8 Å². The number of halogens is 1. The molecule has 1 aromatic rings. The lowest BCUT2D eigenvalue weighted by molar-refractivity contribution is 0.0125. The highest BCUT2D eigenvalue weighted by Gasteiger charge is 2.31. The van der Waals surface area contributed by atoms with Crippen LogP contribution in [0.25, 0.3) is 0 Å². The molecule has 0 aromatic carbocycles. The number of amides is 1. The van der Waals surface area contributed by atoms with E-state index in [0.717, 1.165) is 19.3 Å². The maximum Gasteiger partial charge on any atom is 0.410 e. The zero-order valence-electron chi connectivity index (χ0n) is 13.6. The number of ether oxygens (including phenoxy) is 1. The van der Waals surface area contributed by atoms with Crippen molar-refractivity contribution in [3.8, 4) is 0 Å². The van der Waals surface area contributed by atoms with Gasteiger partial charge in [0.15, 0.2) is 0 Å². The highest BCUT2D eigenvalue weighted by Crippen LogP contribution is 2.22.